The minimum Gasteiger partial charge on any atom is -0.271 e. The van der Waals surface area contributed by atoms with Crippen LogP contribution in [0.4, 0.5) is 5.95 Å². The molecule has 25 heavy (non-hydrogen) atoms. The lowest BCUT2D eigenvalue weighted by molar-refractivity contribution is 0.599. The normalized spacial score (nSPS) is 11.6. The first-order chi connectivity index (χ1) is 11.9. The molecule has 0 amide bonds. The number of aryl methyl sites for hydroxylation is 2. The van der Waals surface area contributed by atoms with E-state index in [1.807, 2.05) is 19.1 Å². The largest absolute Gasteiger partial charge is 0.271 e. The molecular weight excluding hydrogens is 364 g/mol. The monoisotopic (exact) mass is 380 g/mol. The summed E-state index contributed by atoms with van der Waals surface area (Å²) in [4.78, 5) is 4.12. The average molecular weight is 381 g/mol. The maximum Gasteiger partial charge on any atom is 0.267 e. The van der Waals surface area contributed by atoms with Crippen molar-refractivity contribution in [3.8, 4) is 0 Å². The predicted octanol–water partition coefficient (Wildman–Crippen LogP) is 2.31. The Kier molecular flexibility index (Phi) is 4.78. The van der Waals surface area contributed by atoms with E-state index in [2.05, 4.69) is 19.9 Å². The summed E-state index contributed by atoms with van der Waals surface area (Å²) in [5.41, 5.74) is 1.40. The number of aromatic nitrogens is 5. The Balaban J connectivity index is 1.76. The van der Waals surface area contributed by atoms with Crippen LogP contribution in [0, 0.1) is 6.92 Å². The molecule has 0 spiro atoms. The molecule has 0 aliphatic heterocycles. The molecule has 0 saturated carbocycles. The van der Waals surface area contributed by atoms with Crippen LogP contribution in [0.1, 0.15) is 18.2 Å². The number of hydrogen-bond acceptors (Lipinski definition) is 5. The fourth-order valence-electron chi connectivity index (χ4n) is 2.30. The number of anilines is 1. The van der Waals surface area contributed by atoms with Crippen LogP contribution in [-0.4, -0.2) is 33.0 Å². The van der Waals surface area contributed by atoms with E-state index in [-0.39, 0.29) is 10.8 Å². The summed E-state index contributed by atoms with van der Waals surface area (Å²) < 4.78 is 30.5. The van der Waals surface area contributed by atoms with E-state index < -0.39 is 10.0 Å². The number of nitrogens with zero attached hydrogens (tertiary/aromatic N) is 5. The Hall–Kier alpha value is -2.39. The maximum atomic E-state index is 12.5. The highest BCUT2D eigenvalue weighted by Crippen LogP contribution is 2.17. The van der Waals surface area contributed by atoms with Gasteiger partial charge in [-0.15, -0.1) is 5.10 Å². The fourth-order valence-corrected chi connectivity index (χ4v) is 3.56. The minimum atomic E-state index is -3.79. The molecule has 1 aromatic carbocycles. The van der Waals surface area contributed by atoms with Crippen LogP contribution in [0.25, 0.3) is 0 Å². The van der Waals surface area contributed by atoms with Crippen molar-refractivity contribution < 1.29 is 8.42 Å². The van der Waals surface area contributed by atoms with Gasteiger partial charge in [-0.25, -0.2) is 17.8 Å². The van der Waals surface area contributed by atoms with Crippen molar-refractivity contribution in [2.24, 2.45) is 0 Å². The molecule has 0 aliphatic carbocycles. The average Bonchev–Trinajstić information content (AvgIpc) is 3.16. The first-order valence-corrected chi connectivity index (χ1v) is 9.44. The van der Waals surface area contributed by atoms with E-state index >= 15 is 0 Å². The SMILES string of the molecule is CCn1cc(S(=O)(=O)Nc2ncn(Cc3ccc(Cl)cc3)n2)c(C)n1. The van der Waals surface area contributed by atoms with Crippen LogP contribution >= 0.6 is 11.6 Å². The smallest absolute Gasteiger partial charge is 0.267 e. The van der Waals surface area contributed by atoms with Crippen LogP contribution in [0.3, 0.4) is 0 Å². The van der Waals surface area contributed by atoms with Gasteiger partial charge >= 0.3 is 0 Å². The van der Waals surface area contributed by atoms with Gasteiger partial charge in [0, 0.05) is 17.8 Å². The highest BCUT2D eigenvalue weighted by atomic mass is 35.5. The van der Waals surface area contributed by atoms with Crippen LogP contribution in [0.15, 0.2) is 41.7 Å². The zero-order valence-electron chi connectivity index (χ0n) is 13.7. The van der Waals surface area contributed by atoms with Crippen molar-refractivity contribution in [3.05, 3.63) is 53.1 Å². The molecule has 2 heterocycles. The minimum absolute atomic E-state index is 0.0117. The number of halogens is 1. The molecule has 0 radical (unpaired) electrons. The van der Waals surface area contributed by atoms with Gasteiger partial charge in [0.2, 0.25) is 0 Å². The second-order valence-electron chi connectivity index (χ2n) is 5.43. The van der Waals surface area contributed by atoms with Gasteiger partial charge in [-0.1, -0.05) is 23.7 Å². The molecule has 0 saturated heterocycles. The molecule has 0 unspecified atom stereocenters. The van der Waals surface area contributed by atoms with E-state index in [1.54, 1.807) is 28.4 Å². The van der Waals surface area contributed by atoms with Gasteiger partial charge in [0.25, 0.3) is 16.0 Å². The first-order valence-electron chi connectivity index (χ1n) is 7.58. The Bertz CT molecular complexity index is 978. The Labute approximate surface area is 150 Å². The van der Waals surface area contributed by atoms with Gasteiger partial charge in [-0.2, -0.15) is 10.1 Å². The Morgan fingerprint density at radius 1 is 1.16 bits per heavy atom. The summed E-state index contributed by atoms with van der Waals surface area (Å²) >= 11 is 5.86. The molecule has 0 aliphatic rings. The number of nitrogens with one attached hydrogen (secondary N) is 1. The summed E-state index contributed by atoms with van der Waals surface area (Å²) in [6.45, 7) is 4.58. The summed E-state index contributed by atoms with van der Waals surface area (Å²) in [5.74, 6) is 0.0117. The van der Waals surface area contributed by atoms with Gasteiger partial charge in [0.15, 0.2) is 0 Å². The third kappa shape index (κ3) is 3.99. The first kappa shape index (κ1) is 17.4. The highest BCUT2D eigenvalue weighted by Gasteiger charge is 2.21. The van der Waals surface area contributed by atoms with Gasteiger partial charge in [-0.3, -0.25) is 4.68 Å². The van der Waals surface area contributed by atoms with E-state index in [9.17, 15) is 8.42 Å². The third-order valence-electron chi connectivity index (χ3n) is 3.53. The van der Waals surface area contributed by atoms with Crippen molar-refractivity contribution in [1.82, 2.24) is 24.5 Å². The molecule has 3 aromatic rings. The van der Waals surface area contributed by atoms with Crippen molar-refractivity contribution in [2.75, 3.05) is 4.72 Å². The van der Waals surface area contributed by atoms with Crippen LogP contribution in [0.2, 0.25) is 5.02 Å². The molecule has 1 N–H and O–H groups in total. The second-order valence-corrected chi connectivity index (χ2v) is 7.52. The Morgan fingerprint density at radius 2 is 1.88 bits per heavy atom. The van der Waals surface area contributed by atoms with E-state index in [1.165, 1.54) is 12.5 Å². The molecule has 0 bridgehead atoms. The lowest BCUT2D eigenvalue weighted by Gasteiger charge is -2.03. The highest BCUT2D eigenvalue weighted by molar-refractivity contribution is 7.92. The van der Waals surface area contributed by atoms with Gasteiger partial charge in [0.05, 0.1) is 12.2 Å². The van der Waals surface area contributed by atoms with Gasteiger partial charge < -0.3 is 0 Å². The predicted molar refractivity (Wildman–Crippen MR) is 94.0 cm³/mol. The van der Waals surface area contributed by atoms with Crippen LogP contribution in [0.5, 0.6) is 0 Å². The van der Waals surface area contributed by atoms with Crippen molar-refractivity contribution >= 4 is 27.6 Å². The van der Waals surface area contributed by atoms with Gasteiger partial charge in [-0.05, 0) is 31.5 Å². The van der Waals surface area contributed by atoms with E-state index in [4.69, 9.17) is 11.6 Å². The molecule has 2 aromatic heterocycles. The zero-order valence-corrected chi connectivity index (χ0v) is 15.3. The van der Waals surface area contributed by atoms with Crippen molar-refractivity contribution in [1.29, 1.82) is 0 Å². The number of hydrogen-bond donors (Lipinski definition) is 1. The summed E-state index contributed by atoms with van der Waals surface area (Å²) in [6.07, 6.45) is 2.96. The molecule has 0 fully saturated rings. The number of sulfonamides is 1. The second kappa shape index (κ2) is 6.85. The number of rotatable bonds is 6. The lowest BCUT2D eigenvalue weighted by atomic mass is 10.2. The summed E-state index contributed by atoms with van der Waals surface area (Å²) in [7, 11) is -3.79. The van der Waals surface area contributed by atoms with Crippen molar-refractivity contribution in [2.45, 2.75) is 31.8 Å². The third-order valence-corrected chi connectivity index (χ3v) is 5.22. The molecule has 132 valence electrons. The molecule has 0 atom stereocenters. The molecule has 8 nitrogen and oxygen atoms in total. The Morgan fingerprint density at radius 3 is 2.52 bits per heavy atom. The molecule has 3 rings (SSSR count). The standard InChI is InChI=1S/C15H17ClN6O2S/c1-3-21-9-14(11(2)18-21)25(23,24)20-15-17-10-22(19-15)8-12-4-6-13(16)7-5-12/h4-7,9-10H,3,8H2,1-2H3,(H,19,20). The fraction of sp³-hybridized carbons (Fsp3) is 0.267. The number of benzene rings is 1. The zero-order chi connectivity index (χ0) is 18.0. The van der Waals surface area contributed by atoms with Crippen molar-refractivity contribution in [3.63, 3.8) is 0 Å². The van der Waals surface area contributed by atoms with E-state index in [0.29, 0.717) is 23.8 Å². The van der Waals surface area contributed by atoms with Crippen LogP contribution < -0.4 is 4.72 Å². The molecular formula is C15H17ClN6O2S. The molecule has 10 heteroatoms. The lowest BCUT2D eigenvalue weighted by Crippen LogP contribution is -2.15. The quantitative estimate of drug-likeness (QED) is 0.708. The summed E-state index contributed by atoms with van der Waals surface area (Å²) in [5, 5.41) is 8.95. The topological polar surface area (TPSA) is 94.7 Å². The van der Waals surface area contributed by atoms with E-state index in [0.717, 1.165) is 5.56 Å². The summed E-state index contributed by atoms with van der Waals surface area (Å²) in [6, 6.07) is 7.31. The maximum absolute atomic E-state index is 12.5. The van der Waals surface area contributed by atoms with Gasteiger partial charge in [0.1, 0.15) is 11.2 Å². The van der Waals surface area contributed by atoms with Crippen LogP contribution in [-0.2, 0) is 23.1 Å².